The summed E-state index contributed by atoms with van der Waals surface area (Å²) in [5.41, 5.74) is 6.92. The van der Waals surface area contributed by atoms with Gasteiger partial charge in [-0.15, -0.1) is 11.3 Å². The van der Waals surface area contributed by atoms with E-state index in [0.717, 1.165) is 16.5 Å². The van der Waals surface area contributed by atoms with Gasteiger partial charge in [0, 0.05) is 17.3 Å². The fraction of sp³-hybridized carbons (Fsp3) is 0.125. The number of carbonyl (C=O) groups excluding carboxylic acids is 1. The standard InChI is InChI=1S/C16H15N3OS/c1-2-19(15(20)13-10-21-16(17)18-13)14-9-5-7-11-6-3-4-8-12(11)14/h3-10H,2H2,1H3,(H2,17,18). The molecule has 0 saturated carbocycles. The van der Waals surface area contributed by atoms with Crippen LogP contribution in [-0.4, -0.2) is 17.4 Å². The molecule has 3 rings (SSSR count). The molecule has 21 heavy (non-hydrogen) atoms. The Kier molecular flexibility index (Phi) is 3.58. The van der Waals surface area contributed by atoms with Gasteiger partial charge >= 0.3 is 0 Å². The number of amides is 1. The number of nitrogens with zero attached hydrogens (tertiary/aromatic N) is 2. The molecule has 1 amide bonds. The number of nitrogen functional groups attached to an aromatic ring is 1. The fourth-order valence-corrected chi connectivity index (χ4v) is 2.93. The first-order valence-corrected chi connectivity index (χ1v) is 7.59. The third-order valence-corrected chi connectivity index (χ3v) is 4.03. The number of hydrogen-bond donors (Lipinski definition) is 1. The third kappa shape index (κ3) is 2.48. The average Bonchev–Trinajstić information content (AvgIpc) is 2.95. The molecule has 3 aromatic rings. The Labute approximate surface area is 126 Å². The molecule has 0 aliphatic heterocycles. The van der Waals surface area contributed by atoms with Gasteiger partial charge in [0.05, 0.1) is 5.69 Å². The van der Waals surface area contributed by atoms with Crippen LogP contribution < -0.4 is 10.6 Å². The zero-order valence-corrected chi connectivity index (χ0v) is 12.4. The van der Waals surface area contributed by atoms with E-state index >= 15 is 0 Å². The first kappa shape index (κ1) is 13.6. The number of fused-ring (bicyclic) bond motifs is 1. The summed E-state index contributed by atoms with van der Waals surface area (Å²) < 4.78 is 0. The normalized spacial score (nSPS) is 10.7. The molecule has 2 aromatic carbocycles. The maximum atomic E-state index is 12.6. The van der Waals surface area contributed by atoms with Gasteiger partial charge in [0.15, 0.2) is 5.13 Å². The van der Waals surface area contributed by atoms with Crippen molar-refractivity contribution in [3.8, 4) is 0 Å². The molecule has 0 aliphatic carbocycles. The predicted molar refractivity (Wildman–Crippen MR) is 87.8 cm³/mol. The monoisotopic (exact) mass is 297 g/mol. The second kappa shape index (κ2) is 5.54. The van der Waals surface area contributed by atoms with Crippen molar-refractivity contribution in [3.05, 3.63) is 53.5 Å². The van der Waals surface area contributed by atoms with Crippen LogP contribution in [0.1, 0.15) is 17.4 Å². The lowest BCUT2D eigenvalue weighted by Gasteiger charge is -2.21. The van der Waals surface area contributed by atoms with Crippen LogP contribution in [-0.2, 0) is 0 Å². The van der Waals surface area contributed by atoms with Crippen LogP contribution in [0, 0.1) is 0 Å². The maximum Gasteiger partial charge on any atom is 0.277 e. The van der Waals surface area contributed by atoms with Crippen LogP contribution in [0.25, 0.3) is 10.8 Å². The summed E-state index contributed by atoms with van der Waals surface area (Å²) in [6, 6.07) is 14.0. The summed E-state index contributed by atoms with van der Waals surface area (Å²) in [6.45, 7) is 2.53. The Morgan fingerprint density at radius 1 is 1.24 bits per heavy atom. The molecule has 0 saturated heterocycles. The fourth-order valence-electron chi connectivity index (χ4n) is 2.39. The van der Waals surface area contributed by atoms with Crippen molar-refractivity contribution < 1.29 is 4.79 Å². The highest BCUT2D eigenvalue weighted by atomic mass is 32.1. The van der Waals surface area contributed by atoms with Crippen molar-refractivity contribution in [1.29, 1.82) is 0 Å². The Balaban J connectivity index is 2.08. The van der Waals surface area contributed by atoms with Gasteiger partial charge in [0.1, 0.15) is 5.69 Å². The molecule has 2 N–H and O–H groups in total. The first-order valence-electron chi connectivity index (χ1n) is 6.71. The number of anilines is 2. The largest absolute Gasteiger partial charge is 0.375 e. The molecule has 4 nitrogen and oxygen atoms in total. The van der Waals surface area contributed by atoms with Gasteiger partial charge < -0.3 is 10.6 Å². The van der Waals surface area contributed by atoms with Gasteiger partial charge in [0.25, 0.3) is 5.91 Å². The lowest BCUT2D eigenvalue weighted by Crippen LogP contribution is -2.31. The van der Waals surface area contributed by atoms with Crippen LogP contribution in [0.2, 0.25) is 0 Å². The quantitative estimate of drug-likeness (QED) is 0.804. The summed E-state index contributed by atoms with van der Waals surface area (Å²) in [6.07, 6.45) is 0. The van der Waals surface area contributed by atoms with Crippen molar-refractivity contribution in [2.45, 2.75) is 6.92 Å². The smallest absolute Gasteiger partial charge is 0.277 e. The Bertz CT molecular complexity index is 792. The van der Waals surface area contributed by atoms with Crippen molar-refractivity contribution >= 4 is 38.8 Å². The van der Waals surface area contributed by atoms with Gasteiger partial charge in [-0.1, -0.05) is 36.4 Å². The van der Waals surface area contributed by atoms with Gasteiger partial charge in [-0.25, -0.2) is 4.98 Å². The topological polar surface area (TPSA) is 59.2 Å². The second-order valence-electron chi connectivity index (χ2n) is 4.62. The molecule has 106 valence electrons. The number of benzene rings is 2. The summed E-state index contributed by atoms with van der Waals surface area (Å²) in [7, 11) is 0. The average molecular weight is 297 g/mol. The highest BCUT2D eigenvalue weighted by Crippen LogP contribution is 2.28. The van der Waals surface area contributed by atoms with Gasteiger partial charge in [0.2, 0.25) is 0 Å². The molecular weight excluding hydrogens is 282 g/mol. The Morgan fingerprint density at radius 2 is 2.00 bits per heavy atom. The molecule has 0 aliphatic rings. The van der Waals surface area contributed by atoms with Crippen molar-refractivity contribution in [2.24, 2.45) is 0 Å². The zero-order chi connectivity index (χ0) is 14.8. The van der Waals surface area contributed by atoms with E-state index in [1.165, 1.54) is 11.3 Å². The van der Waals surface area contributed by atoms with Crippen LogP contribution in [0.5, 0.6) is 0 Å². The van der Waals surface area contributed by atoms with E-state index in [9.17, 15) is 4.79 Å². The number of rotatable bonds is 3. The zero-order valence-electron chi connectivity index (χ0n) is 11.6. The predicted octanol–water partition coefficient (Wildman–Crippen LogP) is 3.55. The van der Waals surface area contributed by atoms with Crippen molar-refractivity contribution in [1.82, 2.24) is 4.98 Å². The molecule has 0 unspecified atom stereocenters. The van der Waals surface area contributed by atoms with Crippen LogP contribution in [0.3, 0.4) is 0 Å². The minimum Gasteiger partial charge on any atom is -0.375 e. The lowest BCUT2D eigenvalue weighted by atomic mass is 10.1. The van der Waals surface area contributed by atoms with E-state index < -0.39 is 0 Å². The number of hydrogen-bond acceptors (Lipinski definition) is 4. The van der Waals surface area contributed by atoms with Crippen molar-refractivity contribution in [2.75, 3.05) is 17.2 Å². The molecular formula is C16H15N3OS. The SMILES string of the molecule is CCN(C(=O)c1csc(N)n1)c1cccc2ccccc12. The van der Waals surface area contributed by atoms with E-state index in [2.05, 4.69) is 4.98 Å². The molecule has 1 heterocycles. The summed E-state index contributed by atoms with van der Waals surface area (Å²) >= 11 is 1.28. The summed E-state index contributed by atoms with van der Waals surface area (Å²) in [4.78, 5) is 18.5. The van der Waals surface area contributed by atoms with Crippen LogP contribution in [0.4, 0.5) is 10.8 Å². The number of carbonyl (C=O) groups is 1. The minimum atomic E-state index is -0.123. The van der Waals surface area contributed by atoms with E-state index in [4.69, 9.17) is 5.73 Å². The van der Waals surface area contributed by atoms with Crippen LogP contribution >= 0.6 is 11.3 Å². The Hall–Kier alpha value is -2.40. The lowest BCUT2D eigenvalue weighted by molar-refractivity contribution is 0.0984. The van der Waals surface area contributed by atoms with Gasteiger partial charge in [-0.2, -0.15) is 0 Å². The molecule has 0 atom stereocenters. The van der Waals surface area contributed by atoms with Gasteiger partial charge in [-0.05, 0) is 18.4 Å². The summed E-state index contributed by atoms with van der Waals surface area (Å²) in [5.74, 6) is -0.123. The van der Waals surface area contributed by atoms with Crippen molar-refractivity contribution in [3.63, 3.8) is 0 Å². The van der Waals surface area contributed by atoms with Crippen LogP contribution in [0.15, 0.2) is 47.8 Å². The summed E-state index contributed by atoms with van der Waals surface area (Å²) in [5, 5.41) is 4.27. The maximum absolute atomic E-state index is 12.6. The molecule has 5 heteroatoms. The third-order valence-electron chi connectivity index (χ3n) is 3.36. The molecule has 0 radical (unpaired) electrons. The van der Waals surface area contributed by atoms with E-state index in [1.54, 1.807) is 10.3 Å². The molecule has 0 fully saturated rings. The number of aromatic nitrogens is 1. The number of thiazole rings is 1. The Morgan fingerprint density at radius 3 is 2.71 bits per heavy atom. The minimum absolute atomic E-state index is 0.123. The molecule has 1 aromatic heterocycles. The highest BCUT2D eigenvalue weighted by Gasteiger charge is 2.20. The molecule has 0 spiro atoms. The highest BCUT2D eigenvalue weighted by molar-refractivity contribution is 7.13. The first-order chi connectivity index (χ1) is 10.2. The van der Waals surface area contributed by atoms with Gasteiger partial charge in [-0.3, -0.25) is 4.79 Å². The number of nitrogens with two attached hydrogens (primary N) is 1. The molecule has 0 bridgehead atoms. The van der Waals surface area contributed by atoms with E-state index in [-0.39, 0.29) is 5.91 Å². The van der Waals surface area contributed by atoms with E-state index in [0.29, 0.717) is 17.4 Å². The van der Waals surface area contributed by atoms with E-state index in [1.807, 2.05) is 49.4 Å². The second-order valence-corrected chi connectivity index (χ2v) is 5.51.